The van der Waals surface area contributed by atoms with Crippen LogP contribution in [0.25, 0.3) is 0 Å². The average molecular weight is 258 g/mol. The van der Waals surface area contributed by atoms with Gasteiger partial charge in [0.2, 0.25) is 5.88 Å². The van der Waals surface area contributed by atoms with Crippen molar-refractivity contribution >= 4 is 5.82 Å². The third-order valence-corrected chi connectivity index (χ3v) is 2.60. The highest BCUT2D eigenvalue weighted by Gasteiger charge is 2.07. The van der Waals surface area contributed by atoms with E-state index in [9.17, 15) is 0 Å². The van der Waals surface area contributed by atoms with E-state index in [2.05, 4.69) is 20.3 Å². The Morgan fingerprint density at radius 1 is 1.26 bits per heavy atom. The van der Waals surface area contributed by atoms with Gasteiger partial charge in [-0.1, -0.05) is 6.92 Å². The monoisotopic (exact) mass is 258 g/mol. The summed E-state index contributed by atoms with van der Waals surface area (Å²) >= 11 is 0. The van der Waals surface area contributed by atoms with E-state index in [4.69, 9.17) is 4.74 Å². The van der Waals surface area contributed by atoms with E-state index in [-0.39, 0.29) is 0 Å². The second-order valence-electron chi connectivity index (χ2n) is 4.08. The maximum atomic E-state index is 5.79. The Bertz CT molecular complexity index is 557. The Labute approximate surface area is 113 Å². The highest BCUT2D eigenvalue weighted by Crippen LogP contribution is 2.23. The van der Waals surface area contributed by atoms with Crippen LogP contribution in [-0.2, 0) is 6.42 Å². The SMILES string of the molecule is CCNc1cc(Oc2cccnc2C)nc(CC)n1. The fourth-order valence-corrected chi connectivity index (χ4v) is 1.64. The number of rotatable bonds is 5. The summed E-state index contributed by atoms with van der Waals surface area (Å²) in [6.07, 6.45) is 2.51. The first-order valence-electron chi connectivity index (χ1n) is 6.44. The lowest BCUT2D eigenvalue weighted by Gasteiger charge is -2.10. The van der Waals surface area contributed by atoms with Crippen LogP contribution in [0.2, 0.25) is 0 Å². The van der Waals surface area contributed by atoms with Gasteiger partial charge in [-0.25, -0.2) is 4.98 Å². The van der Waals surface area contributed by atoms with Crippen molar-refractivity contribution in [3.63, 3.8) is 0 Å². The molecule has 1 N–H and O–H groups in total. The van der Waals surface area contributed by atoms with Crippen molar-refractivity contribution in [3.8, 4) is 11.6 Å². The first-order chi connectivity index (χ1) is 9.22. The van der Waals surface area contributed by atoms with Gasteiger partial charge < -0.3 is 10.1 Å². The van der Waals surface area contributed by atoms with Gasteiger partial charge in [0.25, 0.3) is 0 Å². The van der Waals surface area contributed by atoms with Crippen LogP contribution < -0.4 is 10.1 Å². The van der Waals surface area contributed by atoms with Crippen LogP contribution in [0.4, 0.5) is 5.82 Å². The Kier molecular flexibility index (Phi) is 4.28. The fourth-order valence-electron chi connectivity index (χ4n) is 1.64. The number of pyridine rings is 1. The first-order valence-corrected chi connectivity index (χ1v) is 6.44. The smallest absolute Gasteiger partial charge is 0.224 e. The van der Waals surface area contributed by atoms with E-state index in [1.807, 2.05) is 32.9 Å². The van der Waals surface area contributed by atoms with Gasteiger partial charge in [-0.05, 0) is 26.0 Å². The largest absolute Gasteiger partial charge is 0.437 e. The number of hydrogen-bond acceptors (Lipinski definition) is 5. The topological polar surface area (TPSA) is 59.9 Å². The van der Waals surface area contributed by atoms with Crippen LogP contribution in [0.3, 0.4) is 0 Å². The summed E-state index contributed by atoms with van der Waals surface area (Å²) in [5.74, 6) is 2.80. The zero-order chi connectivity index (χ0) is 13.7. The number of nitrogens with one attached hydrogen (secondary N) is 1. The van der Waals surface area contributed by atoms with Crippen molar-refractivity contribution in [2.75, 3.05) is 11.9 Å². The highest BCUT2D eigenvalue weighted by atomic mass is 16.5. The minimum Gasteiger partial charge on any atom is -0.437 e. The number of aryl methyl sites for hydroxylation is 2. The molecule has 100 valence electrons. The first kappa shape index (κ1) is 13.3. The summed E-state index contributed by atoms with van der Waals surface area (Å²) in [6.45, 7) is 6.76. The Balaban J connectivity index is 2.29. The van der Waals surface area contributed by atoms with Gasteiger partial charge in [0.15, 0.2) is 5.75 Å². The Morgan fingerprint density at radius 2 is 2.11 bits per heavy atom. The van der Waals surface area contributed by atoms with Gasteiger partial charge in [-0.2, -0.15) is 4.98 Å². The summed E-state index contributed by atoms with van der Waals surface area (Å²) < 4.78 is 5.79. The van der Waals surface area contributed by atoms with Gasteiger partial charge in [0, 0.05) is 25.2 Å². The van der Waals surface area contributed by atoms with Gasteiger partial charge >= 0.3 is 0 Å². The molecule has 5 nitrogen and oxygen atoms in total. The fraction of sp³-hybridized carbons (Fsp3) is 0.357. The number of nitrogens with zero attached hydrogens (tertiary/aromatic N) is 3. The van der Waals surface area contributed by atoms with Gasteiger partial charge in [0.1, 0.15) is 11.6 Å². The Hall–Kier alpha value is -2.17. The quantitative estimate of drug-likeness (QED) is 0.893. The molecule has 0 saturated heterocycles. The minimum atomic E-state index is 0.541. The summed E-state index contributed by atoms with van der Waals surface area (Å²) in [5.41, 5.74) is 0.837. The predicted octanol–water partition coefficient (Wildman–Crippen LogP) is 2.97. The number of hydrogen-bond donors (Lipinski definition) is 1. The van der Waals surface area contributed by atoms with Crippen molar-refractivity contribution in [2.45, 2.75) is 27.2 Å². The van der Waals surface area contributed by atoms with E-state index >= 15 is 0 Å². The molecule has 0 fully saturated rings. The third kappa shape index (κ3) is 3.40. The molecule has 0 aliphatic carbocycles. The van der Waals surface area contributed by atoms with Crippen LogP contribution in [-0.4, -0.2) is 21.5 Å². The predicted molar refractivity (Wildman–Crippen MR) is 74.6 cm³/mol. The molecule has 5 heteroatoms. The van der Waals surface area contributed by atoms with Crippen molar-refractivity contribution in [2.24, 2.45) is 0 Å². The van der Waals surface area contributed by atoms with Gasteiger partial charge in [0.05, 0.1) is 5.69 Å². The van der Waals surface area contributed by atoms with Crippen molar-refractivity contribution in [3.05, 3.63) is 35.9 Å². The second kappa shape index (κ2) is 6.13. The average Bonchev–Trinajstić information content (AvgIpc) is 2.41. The summed E-state index contributed by atoms with van der Waals surface area (Å²) in [5, 5.41) is 3.18. The lowest BCUT2D eigenvalue weighted by atomic mass is 10.3. The summed E-state index contributed by atoms with van der Waals surface area (Å²) in [4.78, 5) is 12.9. The molecule has 19 heavy (non-hydrogen) atoms. The molecule has 0 unspecified atom stereocenters. The van der Waals surface area contributed by atoms with Crippen molar-refractivity contribution < 1.29 is 4.74 Å². The molecular weight excluding hydrogens is 240 g/mol. The molecule has 2 rings (SSSR count). The zero-order valence-electron chi connectivity index (χ0n) is 11.5. The van der Waals surface area contributed by atoms with Crippen LogP contribution in [0, 0.1) is 6.92 Å². The van der Waals surface area contributed by atoms with Crippen LogP contribution >= 0.6 is 0 Å². The Morgan fingerprint density at radius 3 is 2.79 bits per heavy atom. The molecule has 0 spiro atoms. The molecule has 0 aliphatic heterocycles. The van der Waals surface area contributed by atoms with E-state index in [0.29, 0.717) is 11.6 Å². The van der Waals surface area contributed by atoms with Crippen molar-refractivity contribution in [1.29, 1.82) is 0 Å². The van der Waals surface area contributed by atoms with E-state index in [1.165, 1.54) is 0 Å². The zero-order valence-corrected chi connectivity index (χ0v) is 11.5. The highest BCUT2D eigenvalue weighted by molar-refractivity contribution is 5.40. The molecule has 0 radical (unpaired) electrons. The summed E-state index contributed by atoms with van der Waals surface area (Å²) in [7, 11) is 0. The van der Waals surface area contributed by atoms with Crippen molar-refractivity contribution in [1.82, 2.24) is 15.0 Å². The lowest BCUT2D eigenvalue weighted by Crippen LogP contribution is -2.04. The van der Waals surface area contributed by atoms with Gasteiger partial charge in [-0.15, -0.1) is 0 Å². The van der Waals surface area contributed by atoms with Gasteiger partial charge in [-0.3, -0.25) is 4.98 Å². The number of ether oxygens (including phenoxy) is 1. The molecule has 0 atom stereocenters. The molecule has 0 aromatic carbocycles. The normalized spacial score (nSPS) is 10.3. The number of aromatic nitrogens is 3. The molecule has 0 amide bonds. The molecule has 0 aliphatic rings. The third-order valence-electron chi connectivity index (χ3n) is 2.60. The molecule has 2 heterocycles. The second-order valence-corrected chi connectivity index (χ2v) is 4.08. The number of anilines is 1. The molecule has 0 saturated carbocycles. The molecule has 2 aromatic heterocycles. The van der Waals surface area contributed by atoms with E-state index in [1.54, 1.807) is 12.3 Å². The molecule has 0 bridgehead atoms. The maximum Gasteiger partial charge on any atom is 0.224 e. The maximum absolute atomic E-state index is 5.79. The van der Waals surface area contributed by atoms with Crippen LogP contribution in [0.5, 0.6) is 11.6 Å². The minimum absolute atomic E-state index is 0.541. The van der Waals surface area contributed by atoms with Crippen LogP contribution in [0.15, 0.2) is 24.4 Å². The standard InChI is InChI=1S/C14H18N4O/c1-4-12-17-13(15-5-2)9-14(18-12)19-11-7-6-8-16-10(11)3/h6-9H,4-5H2,1-3H3,(H,15,17,18). The molecule has 2 aromatic rings. The van der Waals surface area contributed by atoms with E-state index < -0.39 is 0 Å². The van der Waals surface area contributed by atoms with Crippen LogP contribution in [0.1, 0.15) is 25.4 Å². The van der Waals surface area contributed by atoms with E-state index in [0.717, 1.165) is 30.3 Å². The summed E-state index contributed by atoms with van der Waals surface area (Å²) in [6, 6.07) is 5.52. The lowest BCUT2D eigenvalue weighted by molar-refractivity contribution is 0.453. The molecular formula is C14H18N4O.